The molecule has 2 rings (SSSR count). The van der Waals surface area contributed by atoms with Crippen LogP contribution in [0.2, 0.25) is 0 Å². The predicted molar refractivity (Wildman–Crippen MR) is 83.6 cm³/mol. The Labute approximate surface area is 132 Å². The average molecular weight is 374 g/mol. The quantitative estimate of drug-likeness (QED) is 0.812. The zero-order valence-corrected chi connectivity index (χ0v) is 14.1. The summed E-state index contributed by atoms with van der Waals surface area (Å²) in [6.07, 6.45) is 1.61. The summed E-state index contributed by atoms with van der Waals surface area (Å²) in [5.74, 6) is 0.548. The molecule has 2 N–H and O–H groups in total. The molecule has 2 aromatic rings. The van der Waals surface area contributed by atoms with Gasteiger partial charge in [-0.15, -0.1) is 0 Å². The van der Waals surface area contributed by atoms with Crippen molar-refractivity contribution in [2.45, 2.75) is 25.3 Å². The Morgan fingerprint density at radius 3 is 2.86 bits per heavy atom. The van der Waals surface area contributed by atoms with Gasteiger partial charge in [0.25, 0.3) is 10.0 Å². The minimum atomic E-state index is -3.73. The number of sulfonamides is 1. The summed E-state index contributed by atoms with van der Waals surface area (Å²) in [6.45, 7) is 4.94. The van der Waals surface area contributed by atoms with Gasteiger partial charge in [-0.05, 0) is 41.5 Å². The molecule has 0 radical (unpaired) electrons. The van der Waals surface area contributed by atoms with Crippen LogP contribution in [0, 0.1) is 6.92 Å². The van der Waals surface area contributed by atoms with Gasteiger partial charge >= 0.3 is 0 Å². The van der Waals surface area contributed by atoms with E-state index in [1.54, 1.807) is 25.3 Å². The van der Waals surface area contributed by atoms with E-state index in [1.165, 1.54) is 6.07 Å². The van der Waals surface area contributed by atoms with Gasteiger partial charge in [-0.3, -0.25) is 9.71 Å². The average Bonchev–Trinajstić information content (AvgIpc) is 2.81. The lowest BCUT2D eigenvalue weighted by Gasteiger charge is -2.08. The van der Waals surface area contributed by atoms with Crippen LogP contribution in [0.3, 0.4) is 0 Å². The Bertz CT molecular complexity index is 728. The van der Waals surface area contributed by atoms with E-state index in [9.17, 15) is 8.42 Å². The second kappa shape index (κ2) is 6.59. The fourth-order valence-electron chi connectivity index (χ4n) is 1.71. The molecule has 114 valence electrons. The van der Waals surface area contributed by atoms with Crippen molar-refractivity contribution in [3.63, 3.8) is 0 Å². The van der Waals surface area contributed by atoms with Crippen LogP contribution < -0.4 is 10.0 Å². The Kier molecular flexibility index (Phi) is 5.02. The number of aryl methyl sites for hydroxylation is 1. The van der Waals surface area contributed by atoms with E-state index in [0.29, 0.717) is 23.7 Å². The maximum Gasteiger partial charge on any atom is 0.266 e. The molecule has 21 heavy (non-hydrogen) atoms. The van der Waals surface area contributed by atoms with Gasteiger partial charge in [-0.2, -0.15) is 0 Å². The van der Waals surface area contributed by atoms with Crippen molar-refractivity contribution in [3.8, 4) is 0 Å². The van der Waals surface area contributed by atoms with Crippen molar-refractivity contribution >= 4 is 31.6 Å². The van der Waals surface area contributed by atoms with E-state index in [-0.39, 0.29) is 9.56 Å². The molecule has 0 spiro atoms. The highest BCUT2D eigenvalue weighted by atomic mass is 79.9. The number of anilines is 1. The largest absolute Gasteiger partial charge is 0.451 e. The SMILES string of the molecule is CCNCc1cc(S(=O)(=O)Nc2cccnc2C)c(Br)o1. The fraction of sp³-hybridized carbons (Fsp3) is 0.308. The first kappa shape index (κ1) is 16.0. The van der Waals surface area contributed by atoms with Crippen molar-refractivity contribution in [3.05, 3.63) is 40.5 Å². The monoisotopic (exact) mass is 373 g/mol. The molecule has 0 bridgehead atoms. The topological polar surface area (TPSA) is 84.2 Å². The summed E-state index contributed by atoms with van der Waals surface area (Å²) < 4.78 is 32.9. The van der Waals surface area contributed by atoms with Crippen LogP contribution in [0.4, 0.5) is 5.69 Å². The zero-order valence-electron chi connectivity index (χ0n) is 11.7. The number of pyridine rings is 1. The summed E-state index contributed by atoms with van der Waals surface area (Å²) >= 11 is 3.15. The third-order valence-corrected chi connectivity index (χ3v) is 5.02. The number of nitrogens with zero attached hydrogens (tertiary/aromatic N) is 1. The summed E-state index contributed by atoms with van der Waals surface area (Å²) in [5.41, 5.74) is 1.05. The van der Waals surface area contributed by atoms with Crippen molar-refractivity contribution in [1.82, 2.24) is 10.3 Å². The number of hydrogen-bond acceptors (Lipinski definition) is 5. The molecule has 0 unspecified atom stereocenters. The first-order valence-electron chi connectivity index (χ1n) is 6.37. The molecule has 0 aliphatic heterocycles. The third-order valence-electron chi connectivity index (χ3n) is 2.80. The minimum Gasteiger partial charge on any atom is -0.451 e. The molecule has 0 amide bonds. The highest BCUT2D eigenvalue weighted by Gasteiger charge is 2.23. The highest BCUT2D eigenvalue weighted by Crippen LogP contribution is 2.28. The lowest BCUT2D eigenvalue weighted by Crippen LogP contribution is -2.14. The molecule has 0 aliphatic rings. The molecule has 0 saturated heterocycles. The fourth-order valence-corrected chi connectivity index (χ4v) is 3.82. The van der Waals surface area contributed by atoms with Crippen LogP contribution in [-0.2, 0) is 16.6 Å². The molecule has 2 aromatic heterocycles. The lowest BCUT2D eigenvalue weighted by molar-refractivity contribution is 0.464. The second-order valence-corrected chi connectivity index (χ2v) is 6.74. The van der Waals surface area contributed by atoms with Gasteiger partial charge < -0.3 is 9.73 Å². The standard InChI is InChI=1S/C13H16BrN3O3S/c1-3-15-8-10-7-12(13(14)20-10)21(18,19)17-11-5-4-6-16-9(11)2/h4-7,15,17H,3,8H2,1-2H3. The van der Waals surface area contributed by atoms with Crippen LogP contribution in [0.5, 0.6) is 0 Å². The Morgan fingerprint density at radius 2 is 2.19 bits per heavy atom. The molecule has 0 atom stereocenters. The Morgan fingerprint density at radius 1 is 1.43 bits per heavy atom. The molecule has 0 saturated carbocycles. The van der Waals surface area contributed by atoms with Crippen molar-refractivity contribution in [2.75, 3.05) is 11.3 Å². The van der Waals surface area contributed by atoms with Gasteiger partial charge in [0, 0.05) is 12.3 Å². The number of furan rings is 1. The van der Waals surface area contributed by atoms with Gasteiger partial charge in [-0.1, -0.05) is 6.92 Å². The summed E-state index contributed by atoms with van der Waals surface area (Å²) in [4.78, 5) is 4.12. The van der Waals surface area contributed by atoms with Crippen LogP contribution in [0.25, 0.3) is 0 Å². The summed E-state index contributed by atoms with van der Waals surface area (Å²) in [7, 11) is -3.73. The molecule has 8 heteroatoms. The molecular weight excluding hydrogens is 358 g/mol. The number of hydrogen-bond donors (Lipinski definition) is 2. The van der Waals surface area contributed by atoms with Gasteiger partial charge in [0.2, 0.25) is 0 Å². The van der Waals surface area contributed by atoms with Crippen molar-refractivity contribution < 1.29 is 12.8 Å². The second-order valence-electron chi connectivity index (χ2n) is 4.37. The van der Waals surface area contributed by atoms with Gasteiger partial charge in [0.05, 0.1) is 17.9 Å². The van der Waals surface area contributed by atoms with Crippen LogP contribution in [0.15, 0.2) is 38.4 Å². The normalized spacial score (nSPS) is 11.6. The van der Waals surface area contributed by atoms with Crippen molar-refractivity contribution in [2.24, 2.45) is 0 Å². The number of rotatable bonds is 6. The van der Waals surface area contributed by atoms with Gasteiger partial charge in [0.1, 0.15) is 10.7 Å². The zero-order chi connectivity index (χ0) is 15.5. The predicted octanol–water partition coefficient (Wildman–Crippen LogP) is 2.66. The smallest absolute Gasteiger partial charge is 0.266 e. The molecule has 0 aliphatic carbocycles. The summed E-state index contributed by atoms with van der Waals surface area (Å²) in [6, 6.07) is 4.83. The van der Waals surface area contributed by atoms with Gasteiger partial charge in [-0.25, -0.2) is 8.42 Å². The molecule has 0 fully saturated rings. The Balaban J connectivity index is 2.27. The highest BCUT2D eigenvalue weighted by molar-refractivity contribution is 9.10. The van der Waals surface area contributed by atoms with E-state index in [2.05, 4.69) is 31.0 Å². The lowest BCUT2D eigenvalue weighted by atomic mass is 10.3. The molecule has 0 aromatic carbocycles. The number of aromatic nitrogens is 1. The van der Waals surface area contributed by atoms with Crippen LogP contribution >= 0.6 is 15.9 Å². The van der Waals surface area contributed by atoms with E-state index >= 15 is 0 Å². The van der Waals surface area contributed by atoms with E-state index in [0.717, 1.165) is 6.54 Å². The number of nitrogens with one attached hydrogen (secondary N) is 2. The summed E-state index contributed by atoms with van der Waals surface area (Å²) in [5, 5.41) is 3.08. The van der Waals surface area contributed by atoms with E-state index in [1.807, 2.05) is 6.92 Å². The Hall–Kier alpha value is -1.38. The third kappa shape index (κ3) is 3.84. The van der Waals surface area contributed by atoms with E-state index < -0.39 is 10.0 Å². The van der Waals surface area contributed by atoms with Crippen LogP contribution in [-0.4, -0.2) is 19.9 Å². The van der Waals surface area contributed by atoms with Gasteiger partial charge in [0.15, 0.2) is 4.67 Å². The first-order valence-corrected chi connectivity index (χ1v) is 8.65. The maximum atomic E-state index is 12.4. The molecule has 2 heterocycles. The minimum absolute atomic E-state index is 0.0682. The van der Waals surface area contributed by atoms with Crippen LogP contribution in [0.1, 0.15) is 18.4 Å². The maximum absolute atomic E-state index is 12.4. The number of halogens is 1. The van der Waals surface area contributed by atoms with Crippen molar-refractivity contribution in [1.29, 1.82) is 0 Å². The van der Waals surface area contributed by atoms with E-state index in [4.69, 9.17) is 4.42 Å². The molecule has 6 nitrogen and oxygen atoms in total. The first-order chi connectivity index (χ1) is 9.94. The molecular formula is C13H16BrN3O3S.